The lowest BCUT2D eigenvalue weighted by Gasteiger charge is -2.32. The first kappa shape index (κ1) is 15.5. The van der Waals surface area contributed by atoms with E-state index in [-0.39, 0.29) is 6.10 Å². The Morgan fingerprint density at radius 2 is 2.18 bits per heavy atom. The maximum absolute atomic E-state index is 6.01. The molecular weight excluding hydrogens is 298 g/mol. The lowest BCUT2D eigenvalue weighted by atomic mass is 9.98. The fraction of sp³-hybridized carbons (Fsp3) is 0.471. The number of aromatic nitrogens is 2. The van der Waals surface area contributed by atoms with Gasteiger partial charge in [0.05, 0.1) is 6.20 Å². The Balaban J connectivity index is 1.65. The Kier molecular flexibility index (Phi) is 5.13. The molecule has 0 saturated carbocycles. The SMILES string of the molecule is CCn1cc([C@@H]2OCCC[C@H]2NCc2ccc(Cl)cc2)cn1. The summed E-state index contributed by atoms with van der Waals surface area (Å²) in [6, 6.07) is 8.29. The van der Waals surface area contributed by atoms with Crippen LogP contribution in [0, 0.1) is 0 Å². The monoisotopic (exact) mass is 319 g/mol. The number of ether oxygens (including phenoxy) is 1. The average Bonchev–Trinajstić information content (AvgIpc) is 3.03. The molecule has 1 saturated heterocycles. The second-order valence-electron chi connectivity index (χ2n) is 5.68. The zero-order chi connectivity index (χ0) is 15.4. The van der Waals surface area contributed by atoms with Crippen LogP contribution in [0.4, 0.5) is 0 Å². The number of rotatable bonds is 5. The number of nitrogens with zero attached hydrogens (tertiary/aromatic N) is 2. The molecule has 1 fully saturated rings. The molecule has 0 aliphatic carbocycles. The molecule has 118 valence electrons. The van der Waals surface area contributed by atoms with Crippen molar-refractivity contribution >= 4 is 11.6 Å². The van der Waals surface area contributed by atoms with Crippen molar-refractivity contribution in [3.8, 4) is 0 Å². The third-order valence-electron chi connectivity index (χ3n) is 4.11. The summed E-state index contributed by atoms with van der Waals surface area (Å²) in [5, 5.41) is 8.77. The first-order valence-electron chi connectivity index (χ1n) is 7.88. The minimum atomic E-state index is 0.0846. The maximum Gasteiger partial charge on any atom is 0.101 e. The topological polar surface area (TPSA) is 39.1 Å². The third-order valence-corrected chi connectivity index (χ3v) is 4.36. The molecule has 2 atom stereocenters. The zero-order valence-electron chi connectivity index (χ0n) is 12.8. The fourth-order valence-corrected chi connectivity index (χ4v) is 3.00. The van der Waals surface area contributed by atoms with Gasteiger partial charge in [0.15, 0.2) is 0 Å². The van der Waals surface area contributed by atoms with Gasteiger partial charge in [0.2, 0.25) is 0 Å². The molecule has 5 heteroatoms. The van der Waals surface area contributed by atoms with Crippen molar-refractivity contribution in [3.63, 3.8) is 0 Å². The summed E-state index contributed by atoms with van der Waals surface area (Å²) in [5.41, 5.74) is 2.40. The van der Waals surface area contributed by atoms with Gasteiger partial charge in [0.1, 0.15) is 6.10 Å². The highest BCUT2D eigenvalue weighted by Gasteiger charge is 2.28. The lowest BCUT2D eigenvalue weighted by Crippen LogP contribution is -2.39. The van der Waals surface area contributed by atoms with Crippen LogP contribution in [0.1, 0.15) is 37.0 Å². The Hall–Kier alpha value is -1.36. The molecule has 1 aromatic heterocycles. The lowest BCUT2D eigenvalue weighted by molar-refractivity contribution is -0.0112. The van der Waals surface area contributed by atoms with E-state index in [4.69, 9.17) is 16.3 Å². The largest absolute Gasteiger partial charge is 0.372 e. The van der Waals surface area contributed by atoms with Crippen molar-refractivity contribution in [1.82, 2.24) is 15.1 Å². The van der Waals surface area contributed by atoms with Crippen LogP contribution < -0.4 is 5.32 Å². The Morgan fingerprint density at radius 1 is 1.36 bits per heavy atom. The third kappa shape index (κ3) is 3.69. The van der Waals surface area contributed by atoms with E-state index in [0.717, 1.165) is 43.1 Å². The summed E-state index contributed by atoms with van der Waals surface area (Å²) in [6.45, 7) is 4.62. The van der Waals surface area contributed by atoms with Gasteiger partial charge in [-0.25, -0.2) is 0 Å². The van der Waals surface area contributed by atoms with E-state index < -0.39 is 0 Å². The molecule has 2 aromatic rings. The molecule has 4 nitrogen and oxygen atoms in total. The second-order valence-corrected chi connectivity index (χ2v) is 6.11. The first-order chi connectivity index (χ1) is 10.8. The van der Waals surface area contributed by atoms with Gasteiger partial charge in [-0.2, -0.15) is 5.10 Å². The molecule has 2 heterocycles. The molecule has 0 radical (unpaired) electrons. The Morgan fingerprint density at radius 3 is 2.91 bits per heavy atom. The first-order valence-corrected chi connectivity index (χ1v) is 8.26. The summed E-state index contributed by atoms with van der Waals surface area (Å²) in [5.74, 6) is 0. The standard InChI is InChI=1S/C17H22ClN3O/c1-2-21-12-14(11-20-21)17-16(4-3-9-22-17)19-10-13-5-7-15(18)8-6-13/h5-8,11-12,16-17,19H,2-4,9-10H2,1H3/t16-,17+/m1/s1. The molecule has 0 unspecified atom stereocenters. The Labute approximate surface area is 136 Å². The van der Waals surface area contributed by atoms with Crippen LogP contribution in [-0.4, -0.2) is 22.4 Å². The van der Waals surface area contributed by atoms with E-state index in [1.807, 2.05) is 23.0 Å². The van der Waals surface area contributed by atoms with Gasteiger partial charge in [0.25, 0.3) is 0 Å². The normalized spacial score (nSPS) is 21.9. The molecule has 0 amide bonds. The second kappa shape index (κ2) is 7.27. The number of aryl methyl sites for hydroxylation is 1. The van der Waals surface area contributed by atoms with Crippen LogP contribution in [0.2, 0.25) is 5.02 Å². The number of hydrogen-bond acceptors (Lipinski definition) is 3. The smallest absolute Gasteiger partial charge is 0.101 e. The quantitative estimate of drug-likeness (QED) is 0.915. The van der Waals surface area contributed by atoms with Gasteiger partial charge in [-0.05, 0) is 37.5 Å². The van der Waals surface area contributed by atoms with Crippen LogP contribution in [0.5, 0.6) is 0 Å². The van der Waals surface area contributed by atoms with E-state index >= 15 is 0 Å². The molecule has 1 aromatic carbocycles. The highest BCUT2D eigenvalue weighted by molar-refractivity contribution is 6.30. The molecule has 1 N–H and O–H groups in total. The molecule has 3 rings (SSSR count). The minimum Gasteiger partial charge on any atom is -0.372 e. The number of hydrogen-bond donors (Lipinski definition) is 1. The molecule has 0 spiro atoms. The highest BCUT2D eigenvalue weighted by Crippen LogP contribution is 2.28. The maximum atomic E-state index is 6.01. The van der Waals surface area contributed by atoms with Crippen molar-refractivity contribution < 1.29 is 4.74 Å². The van der Waals surface area contributed by atoms with Crippen LogP contribution >= 0.6 is 11.6 Å². The van der Waals surface area contributed by atoms with Gasteiger partial charge in [-0.15, -0.1) is 0 Å². The van der Waals surface area contributed by atoms with Crippen LogP contribution in [0.3, 0.4) is 0 Å². The molecule has 1 aliphatic heterocycles. The van der Waals surface area contributed by atoms with Gasteiger partial charge in [0, 0.05) is 42.5 Å². The molecular formula is C17H22ClN3O. The predicted octanol–water partition coefficient (Wildman–Crippen LogP) is 3.57. The minimum absolute atomic E-state index is 0.0846. The summed E-state index contributed by atoms with van der Waals surface area (Å²) in [4.78, 5) is 0. The van der Waals surface area contributed by atoms with E-state index in [2.05, 4.69) is 35.7 Å². The molecule has 22 heavy (non-hydrogen) atoms. The van der Waals surface area contributed by atoms with Crippen molar-refractivity contribution in [3.05, 3.63) is 52.8 Å². The van der Waals surface area contributed by atoms with Gasteiger partial charge < -0.3 is 10.1 Å². The van der Waals surface area contributed by atoms with E-state index in [1.54, 1.807) is 0 Å². The zero-order valence-corrected chi connectivity index (χ0v) is 13.6. The summed E-state index contributed by atoms with van der Waals surface area (Å²) in [6.07, 6.45) is 6.32. The van der Waals surface area contributed by atoms with E-state index in [9.17, 15) is 0 Å². The summed E-state index contributed by atoms with van der Waals surface area (Å²) in [7, 11) is 0. The number of halogens is 1. The fourth-order valence-electron chi connectivity index (χ4n) is 2.87. The van der Waals surface area contributed by atoms with Crippen molar-refractivity contribution in [1.29, 1.82) is 0 Å². The summed E-state index contributed by atoms with van der Waals surface area (Å²) >= 11 is 5.93. The van der Waals surface area contributed by atoms with Gasteiger partial charge in [-0.1, -0.05) is 23.7 Å². The van der Waals surface area contributed by atoms with E-state index in [0.29, 0.717) is 6.04 Å². The molecule has 1 aliphatic rings. The van der Waals surface area contributed by atoms with Crippen LogP contribution in [0.25, 0.3) is 0 Å². The summed E-state index contributed by atoms with van der Waals surface area (Å²) < 4.78 is 7.95. The van der Waals surface area contributed by atoms with Gasteiger partial charge >= 0.3 is 0 Å². The van der Waals surface area contributed by atoms with Gasteiger partial charge in [-0.3, -0.25) is 4.68 Å². The Bertz CT molecular complexity index is 596. The van der Waals surface area contributed by atoms with E-state index in [1.165, 1.54) is 5.56 Å². The van der Waals surface area contributed by atoms with Crippen LogP contribution in [0.15, 0.2) is 36.7 Å². The van der Waals surface area contributed by atoms with Crippen molar-refractivity contribution in [2.45, 2.75) is 45.0 Å². The molecule has 0 bridgehead atoms. The highest BCUT2D eigenvalue weighted by atomic mass is 35.5. The predicted molar refractivity (Wildman–Crippen MR) is 87.9 cm³/mol. The van der Waals surface area contributed by atoms with Crippen molar-refractivity contribution in [2.24, 2.45) is 0 Å². The number of benzene rings is 1. The van der Waals surface area contributed by atoms with Crippen molar-refractivity contribution in [2.75, 3.05) is 6.61 Å². The number of nitrogens with one attached hydrogen (secondary N) is 1. The average molecular weight is 320 g/mol. The van der Waals surface area contributed by atoms with Crippen LogP contribution in [-0.2, 0) is 17.8 Å².